The van der Waals surface area contributed by atoms with E-state index in [0.29, 0.717) is 12.2 Å². The molecule has 2 aromatic rings. The molecule has 0 saturated carbocycles. The van der Waals surface area contributed by atoms with Gasteiger partial charge in [-0.15, -0.1) is 0 Å². The molecule has 4 heteroatoms. The van der Waals surface area contributed by atoms with E-state index in [9.17, 15) is 4.79 Å². The Hall–Kier alpha value is -1.81. The number of hydrogen-bond donors (Lipinski definition) is 0. The van der Waals surface area contributed by atoms with Crippen molar-refractivity contribution in [2.75, 3.05) is 20.2 Å². The molecule has 4 nitrogen and oxygen atoms in total. The maximum Gasteiger partial charge on any atom is 0.338 e. The number of carbonyl (C=O) groups excluding carboxylic acids is 1. The van der Waals surface area contributed by atoms with Crippen molar-refractivity contribution >= 4 is 16.9 Å². The fourth-order valence-electron chi connectivity index (χ4n) is 3.50. The molecule has 0 spiro atoms. The van der Waals surface area contributed by atoms with Crippen molar-refractivity contribution in [2.45, 2.75) is 46.2 Å². The van der Waals surface area contributed by atoms with Gasteiger partial charge in [0.25, 0.3) is 0 Å². The summed E-state index contributed by atoms with van der Waals surface area (Å²) in [7, 11) is 2.16. The molecule has 1 aliphatic heterocycles. The van der Waals surface area contributed by atoms with Gasteiger partial charge in [-0.1, -0.05) is 13.3 Å². The number of nitrogens with zero attached hydrogens (tertiary/aromatic N) is 2. The number of carbonyl (C=O) groups is 1. The largest absolute Gasteiger partial charge is 0.462 e. The first-order chi connectivity index (χ1) is 11.2. The first kappa shape index (κ1) is 16.1. The van der Waals surface area contributed by atoms with Gasteiger partial charge in [0, 0.05) is 42.7 Å². The zero-order chi connectivity index (χ0) is 16.4. The SMILES string of the molecule is CCCCn1c2c(c3cc(C(=O)OCC)ccc31)CN(C)CC2. The van der Waals surface area contributed by atoms with Gasteiger partial charge in [-0.25, -0.2) is 4.79 Å². The van der Waals surface area contributed by atoms with E-state index in [-0.39, 0.29) is 5.97 Å². The van der Waals surface area contributed by atoms with Gasteiger partial charge in [-0.2, -0.15) is 0 Å². The molecular formula is C19H26N2O2. The van der Waals surface area contributed by atoms with E-state index < -0.39 is 0 Å². The first-order valence-corrected chi connectivity index (χ1v) is 8.65. The monoisotopic (exact) mass is 314 g/mol. The number of likely N-dealkylation sites (N-methyl/N-ethyl adjacent to an activating group) is 1. The smallest absolute Gasteiger partial charge is 0.338 e. The van der Waals surface area contributed by atoms with E-state index in [2.05, 4.69) is 29.5 Å². The topological polar surface area (TPSA) is 34.5 Å². The van der Waals surface area contributed by atoms with Crippen LogP contribution in [0.4, 0.5) is 0 Å². The van der Waals surface area contributed by atoms with Crippen LogP contribution in [-0.4, -0.2) is 35.6 Å². The van der Waals surface area contributed by atoms with Crippen LogP contribution in [0.5, 0.6) is 0 Å². The van der Waals surface area contributed by atoms with Crippen molar-refractivity contribution < 1.29 is 9.53 Å². The summed E-state index contributed by atoms with van der Waals surface area (Å²) in [5.74, 6) is -0.228. The van der Waals surface area contributed by atoms with Crippen LogP contribution in [0.1, 0.15) is 48.3 Å². The van der Waals surface area contributed by atoms with E-state index >= 15 is 0 Å². The lowest BCUT2D eigenvalue weighted by atomic mass is 10.0. The summed E-state index contributed by atoms with van der Waals surface area (Å²) in [5, 5.41) is 1.22. The van der Waals surface area contributed by atoms with E-state index in [1.54, 1.807) is 0 Å². The molecule has 0 saturated heterocycles. The van der Waals surface area contributed by atoms with E-state index in [1.807, 2.05) is 19.1 Å². The molecule has 0 N–H and O–H groups in total. The normalized spacial score (nSPS) is 14.9. The van der Waals surface area contributed by atoms with Crippen LogP contribution >= 0.6 is 0 Å². The van der Waals surface area contributed by atoms with Crippen LogP contribution in [0.3, 0.4) is 0 Å². The first-order valence-electron chi connectivity index (χ1n) is 8.65. The molecule has 124 valence electrons. The average molecular weight is 314 g/mol. The Morgan fingerprint density at radius 3 is 2.87 bits per heavy atom. The van der Waals surface area contributed by atoms with Gasteiger partial charge in [-0.3, -0.25) is 0 Å². The van der Waals surface area contributed by atoms with E-state index in [4.69, 9.17) is 4.74 Å². The van der Waals surface area contributed by atoms with Crippen LogP contribution < -0.4 is 0 Å². The highest BCUT2D eigenvalue weighted by Gasteiger charge is 2.23. The third-order valence-electron chi connectivity index (χ3n) is 4.69. The summed E-state index contributed by atoms with van der Waals surface area (Å²) in [5.41, 5.74) is 4.75. The van der Waals surface area contributed by atoms with Crippen LogP contribution in [0.15, 0.2) is 18.2 Å². The average Bonchev–Trinajstić information content (AvgIpc) is 2.85. The Kier molecular flexibility index (Phi) is 4.71. The van der Waals surface area contributed by atoms with Crippen molar-refractivity contribution in [2.24, 2.45) is 0 Å². The summed E-state index contributed by atoms with van der Waals surface area (Å²) in [6.07, 6.45) is 3.46. The van der Waals surface area contributed by atoms with Crippen molar-refractivity contribution in [1.29, 1.82) is 0 Å². The molecule has 1 aliphatic rings. The summed E-state index contributed by atoms with van der Waals surface area (Å²) in [6.45, 7) is 7.59. The summed E-state index contributed by atoms with van der Waals surface area (Å²) in [6, 6.07) is 6.02. The zero-order valence-corrected chi connectivity index (χ0v) is 14.4. The van der Waals surface area contributed by atoms with Crippen molar-refractivity contribution in [3.8, 4) is 0 Å². The number of esters is 1. The third kappa shape index (κ3) is 3.00. The predicted octanol–water partition coefficient (Wildman–Crippen LogP) is 3.61. The predicted molar refractivity (Wildman–Crippen MR) is 92.8 cm³/mol. The van der Waals surface area contributed by atoms with Crippen molar-refractivity contribution in [3.05, 3.63) is 35.0 Å². The minimum atomic E-state index is -0.228. The molecule has 0 bridgehead atoms. The maximum absolute atomic E-state index is 12.1. The highest BCUT2D eigenvalue weighted by Crippen LogP contribution is 2.32. The molecule has 1 aromatic heterocycles. The summed E-state index contributed by atoms with van der Waals surface area (Å²) < 4.78 is 7.63. The van der Waals surface area contributed by atoms with Gasteiger partial charge in [-0.05, 0) is 44.2 Å². The van der Waals surface area contributed by atoms with Gasteiger partial charge < -0.3 is 14.2 Å². The fraction of sp³-hybridized carbons (Fsp3) is 0.526. The molecule has 3 rings (SSSR count). The molecule has 0 radical (unpaired) electrons. The second kappa shape index (κ2) is 6.75. The minimum absolute atomic E-state index is 0.228. The number of aromatic nitrogens is 1. The highest BCUT2D eigenvalue weighted by atomic mass is 16.5. The molecule has 0 unspecified atom stereocenters. The Labute approximate surface area is 138 Å². The quantitative estimate of drug-likeness (QED) is 0.791. The number of hydrogen-bond acceptors (Lipinski definition) is 3. The van der Waals surface area contributed by atoms with Gasteiger partial charge in [0.05, 0.1) is 12.2 Å². The summed E-state index contributed by atoms with van der Waals surface area (Å²) >= 11 is 0. The van der Waals surface area contributed by atoms with Crippen LogP contribution in [0, 0.1) is 0 Å². The lowest BCUT2D eigenvalue weighted by Gasteiger charge is -2.24. The van der Waals surface area contributed by atoms with Crippen LogP contribution in [-0.2, 0) is 24.2 Å². The molecule has 0 amide bonds. The Morgan fingerprint density at radius 2 is 2.13 bits per heavy atom. The molecule has 23 heavy (non-hydrogen) atoms. The second-order valence-electron chi connectivity index (χ2n) is 6.37. The highest BCUT2D eigenvalue weighted by molar-refractivity contribution is 5.96. The number of rotatable bonds is 5. The Bertz CT molecular complexity index is 718. The molecule has 2 heterocycles. The van der Waals surface area contributed by atoms with Gasteiger partial charge in [0.1, 0.15) is 0 Å². The lowest BCUT2D eigenvalue weighted by molar-refractivity contribution is 0.0526. The lowest BCUT2D eigenvalue weighted by Crippen LogP contribution is -2.27. The minimum Gasteiger partial charge on any atom is -0.462 e. The number of ether oxygens (including phenoxy) is 1. The van der Waals surface area contributed by atoms with Gasteiger partial charge in [0.2, 0.25) is 0 Å². The molecule has 0 aliphatic carbocycles. The molecule has 1 aromatic carbocycles. The van der Waals surface area contributed by atoms with Crippen molar-refractivity contribution in [3.63, 3.8) is 0 Å². The molecular weight excluding hydrogens is 288 g/mol. The Morgan fingerprint density at radius 1 is 1.30 bits per heavy atom. The van der Waals surface area contributed by atoms with Gasteiger partial charge in [0.15, 0.2) is 0 Å². The number of unbranched alkanes of at least 4 members (excludes halogenated alkanes) is 1. The standard InChI is InChI=1S/C19H26N2O2/c1-4-6-10-21-17-8-7-14(19(22)23-5-2)12-15(17)16-13-20(3)11-9-18(16)21/h7-8,12H,4-6,9-11,13H2,1-3H3. The number of benzene rings is 1. The van der Waals surface area contributed by atoms with Crippen molar-refractivity contribution in [1.82, 2.24) is 9.47 Å². The number of aryl methyl sites for hydroxylation is 1. The van der Waals surface area contributed by atoms with Crippen LogP contribution in [0.2, 0.25) is 0 Å². The molecule has 0 fully saturated rings. The Balaban J connectivity index is 2.11. The van der Waals surface area contributed by atoms with Gasteiger partial charge >= 0.3 is 5.97 Å². The second-order valence-corrected chi connectivity index (χ2v) is 6.37. The third-order valence-corrected chi connectivity index (χ3v) is 4.69. The zero-order valence-electron chi connectivity index (χ0n) is 14.4. The summed E-state index contributed by atoms with van der Waals surface area (Å²) in [4.78, 5) is 14.4. The molecule has 0 atom stereocenters. The number of fused-ring (bicyclic) bond motifs is 3. The van der Waals surface area contributed by atoms with E-state index in [1.165, 1.54) is 35.0 Å². The fourth-order valence-corrected chi connectivity index (χ4v) is 3.50. The van der Waals surface area contributed by atoms with E-state index in [0.717, 1.165) is 26.1 Å². The maximum atomic E-state index is 12.1. The van der Waals surface area contributed by atoms with Crippen LogP contribution in [0.25, 0.3) is 10.9 Å².